The molecule has 1 atom stereocenters. The van der Waals surface area contributed by atoms with Crippen LogP contribution in [0.1, 0.15) is 59.7 Å². The van der Waals surface area contributed by atoms with Gasteiger partial charge in [0.1, 0.15) is 0 Å². The van der Waals surface area contributed by atoms with Crippen LogP contribution in [0.25, 0.3) is 10.9 Å². The zero-order valence-corrected chi connectivity index (χ0v) is 20.8. The summed E-state index contributed by atoms with van der Waals surface area (Å²) in [6.45, 7) is 3.85. The van der Waals surface area contributed by atoms with Crippen molar-refractivity contribution in [2.24, 2.45) is 0 Å². The van der Waals surface area contributed by atoms with E-state index in [0.29, 0.717) is 40.3 Å². The molecule has 184 valence electrons. The number of nitrogens with zero attached hydrogens (tertiary/aromatic N) is 2. The summed E-state index contributed by atoms with van der Waals surface area (Å²) in [4.78, 5) is 43.4. The number of carbonyl (C=O) groups excluding carboxylic acids is 2. The molecule has 2 aromatic carbocycles. The number of nitrogens with one attached hydrogen (secondary N) is 1. The second kappa shape index (κ2) is 12.1. The van der Waals surface area contributed by atoms with Gasteiger partial charge in [-0.2, -0.15) is 0 Å². The summed E-state index contributed by atoms with van der Waals surface area (Å²) in [6, 6.07) is 14.1. The zero-order valence-electron chi connectivity index (χ0n) is 20.0. The molecule has 4 rings (SSSR count). The summed E-state index contributed by atoms with van der Waals surface area (Å²) in [6.07, 6.45) is 4.90. The Kier molecular flexibility index (Phi) is 8.71. The average molecular weight is 494 g/mol. The Balaban J connectivity index is 1.58. The topological polar surface area (TPSA) is 90.3 Å². The van der Waals surface area contributed by atoms with Crippen molar-refractivity contribution in [3.05, 3.63) is 70.0 Å². The molecule has 35 heavy (non-hydrogen) atoms. The SMILES string of the molecule is CCCCCn1c(SCC(=O)c2ccccc2)nc2cc(C(=O)NCC3CCCO3)ccc2c1=O. The first kappa shape index (κ1) is 25.1. The fourth-order valence-corrected chi connectivity index (χ4v) is 5.04. The average Bonchev–Trinajstić information content (AvgIpc) is 3.41. The Labute approximate surface area is 209 Å². The van der Waals surface area contributed by atoms with Crippen LogP contribution < -0.4 is 10.9 Å². The van der Waals surface area contributed by atoms with Crippen molar-refractivity contribution in [2.75, 3.05) is 18.9 Å². The number of aromatic nitrogens is 2. The molecule has 3 aromatic rings. The van der Waals surface area contributed by atoms with Gasteiger partial charge in [-0.1, -0.05) is 61.9 Å². The highest BCUT2D eigenvalue weighted by Crippen LogP contribution is 2.21. The van der Waals surface area contributed by atoms with E-state index in [1.807, 2.05) is 18.2 Å². The monoisotopic (exact) mass is 493 g/mol. The third-order valence-corrected chi connectivity index (χ3v) is 7.09. The lowest BCUT2D eigenvalue weighted by molar-refractivity contribution is 0.0857. The zero-order chi connectivity index (χ0) is 24.6. The van der Waals surface area contributed by atoms with Crippen LogP contribution in [0.3, 0.4) is 0 Å². The van der Waals surface area contributed by atoms with E-state index in [4.69, 9.17) is 9.72 Å². The maximum atomic E-state index is 13.3. The summed E-state index contributed by atoms with van der Waals surface area (Å²) in [5, 5.41) is 3.88. The van der Waals surface area contributed by atoms with E-state index in [-0.39, 0.29) is 29.1 Å². The maximum absolute atomic E-state index is 13.3. The molecule has 1 amide bonds. The Morgan fingerprint density at radius 2 is 1.97 bits per heavy atom. The molecule has 1 aromatic heterocycles. The Morgan fingerprint density at radius 3 is 2.71 bits per heavy atom. The van der Waals surface area contributed by atoms with E-state index in [0.717, 1.165) is 38.7 Å². The van der Waals surface area contributed by atoms with Crippen LogP contribution in [0.2, 0.25) is 0 Å². The van der Waals surface area contributed by atoms with Crippen molar-refractivity contribution in [2.45, 2.75) is 56.8 Å². The number of thioether (sulfide) groups is 1. The van der Waals surface area contributed by atoms with Crippen molar-refractivity contribution in [1.82, 2.24) is 14.9 Å². The van der Waals surface area contributed by atoms with Gasteiger partial charge in [-0.15, -0.1) is 0 Å². The van der Waals surface area contributed by atoms with Gasteiger partial charge in [0.2, 0.25) is 0 Å². The number of fused-ring (bicyclic) bond motifs is 1. The van der Waals surface area contributed by atoms with E-state index in [9.17, 15) is 14.4 Å². The molecule has 1 fully saturated rings. The van der Waals surface area contributed by atoms with Gasteiger partial charge in [0.05, 0.1) is 22.8 Å². The number of hydrogen-bond donors (Lipinski definition) is 1. The van der Waals surface area contributed by atoms with Gasteiger partial charge in [-0.3, -0.25) is 19.0 Å². The van der Waals surface area contributed by atoms with Crippen LogP contribution in [0.5, 0.6) is 0 Å². The first-order valence-corrected chi connectivity index (χ1v) is 13.2. The molecule has 0 aliphatic carbocycles. The van der Waals surface area contributed by atoms with Crippen LogP contribution in [0.15, 0.2) is 58.5 Å². The van der Waals surface area contributed by atoms with Crippen LogP contribution in [0, 0.1) is 0 Å². The second-order valence-electron chi connectivity index (χ2n) is 8.71. The summed E-state index contributed by atoms with van der Waals surface area (Å²) in [7, 11) is 0. The lowest BCUT2D eigenvalue weighted by Gasteiger charge is -2.14. The van der Waals surface area contributed by atoms with Gasteiger partial charge in [-0.05, 0) is 37.5 Å². The fourth-order valence-electron chi connectivity index (χ4n) is 4.12. The standard InChI is InChI=1S/C27H31N3O4S/c1-2-3-7-14-30-26(33)22-13-12-20(25(32)28-17-21-11-8-15-34-21)16-23(22)29-27(30)35-18-24(31)19-9-5-4-6-10-19/h4-6,9-10,12-13,16,21H,2-3,7-8,11,14-15,17-18H2,1H3,(H,28,32). The number of amides is 1. The van der Waals surface area contributed by atoms with E-state index >= 15 is 0 Å². The van der Waals surface area contributed by atoms with Crippen LogP contribution >= 0.6 is 11.8 Å². The molecule has 2 heterocycles. The van der Waals surface area contributed by atoms with E-state index in [2.05, 4.69) is 12.2 Å². The molecule has 1 aliphatic heterocycles. The van der Waals surface area contributed by atoms with Crippen molar-refractivity contribution in [3.8, 4) is 0 Å². The molecule has 0 saturated carbocycles. The van der Waals surface area contributed by atoms with Gasteiger partial charge in [-0.25, -0.2) is 4.98 Å². The lowest BCUT2D eigenvalue weighted by Crippen LogP contribution is -2.31. The fraction of sp³-hybridized carbons (Fsp3) is 0.407. The lowest BCUT2D eigenvalue weighted by atomic mass is 10.1. The second-order valence-corrected chi connectivity index (χ2v) is 9.66. The number of unbranched alkanes of at least 4 members (excludes halogenated alkanes) is 2. The molecule has 1 saturated heterocycles. The molecule has 1 unspecified atom stereocenters. The van der Waals surface area contributed by atoms with Crippen LogP contribution in [-0.2, 0) is 11.3 Å². The predicted molar refractivity (Wildman–Crippen MR) is 138 cm³/mol. The third kappa shape index (κ3) is 6.38. The Morgan fingerprint density at radius 1 is 1.14 bits per heavy atom. The largest absolute Gasteiger partial charge is 0.376 e. The molecule has 0 bridgehead atoms. The third-order valence-electron chi connectivity index (χ3n) is 6.11. The van der Waals surface area contributed by atoms with Gasteiger partial charge in [0, 0.05) is 30.8 Å². The quantitative estimate of drug-likeness (QED) is 0.183. The Hall–Kier alpha value is -2.97. The summed E-state index contributed by atoms with van der Waals surface area (Å²) in [5.41, 5.74) is 1.39. The number of carbonyl (C=O) groups is 2. The smallest absolute Gasteiger partial charge is 0.262 e. The van der Waals surface area contributed by atoms with Gasteiger partial charge < -0.3 is 10.1 Å². The number of hydrogen-bond acceptors (Lipinski definition) is 6. The van der Waals surface area contributed by atoms with Gasteiger partial charge >= 0.3 is 0 Å². The molecule has 7 nitrogen and oxygen atoms in total. The van der Waals surface area contributed by atoms with Crippen LogP contribution in [-0.4, -0.2) is 46.2 Å². The molecular weight excluding hydrogens is 462 g/mol. The number of Topliss-reactive ketones (excluding diaryl/α,β-unsaturated/α-hetero) is 1. The summed E-state index contributed by atoms with van der Waals surface area (Å²) < 4.78 is 7.24. The normalized spacial score (nSPS) is 15.4. The number of benzene rings is 2. The Bertz CT molecular complexity index is 1240. The minimum atomic E-state index is -0.218. The van der Waals surface area contributed by atoms with E-state index in [1.54, 1.807) is 34.9 Å². The maximum Gasteiger partial charge on any atom is 0.262 e. The first-order valence-electron chi connectivity index (χ1n) is 12.2. The summed E-state index contributed by atoms with van der Waals surface area (Å²) >= 11 is 1.26. The first-order chi connectivity index (χ1) is 17.1. The highest BCUT2D eigenvalue weighted by Gasteiger charge is 2.18. The molecule has 1 aliphatic rings. The minimum Gasteiger partial charge on any atom is -0.376 e. The molecule has 1 N–H and O–H groups in total. The van der Waals surface area contributed by atoms with Gasteiger partial charge in [0.15, 0.2) is 10.9 Å². The summed E-state index contributed by atoms with van der Waals surface area (Å²) in [5.74, 6) is -0.0609. The van der Waals surface area contributed by atoms with E-state index < -0.39 is 0 Å². The van der Waals surface area contributed by atoms with E-state index in [1.165, 1.54) is 11.8 Å². The van der Waals surface area contributed by atoms with Crippen molar-refractivity contribution in [3.63, 3.8) is 0 Å². The molecular formula is C27H31N3O4S. The van der Waals surface area contributed by atoms with Crippen molar-refractivity contribution >= 4 is 34.4 Å². The highest BCUT2D eigenvalue weighted by atomic mass is 32.2. The highest BCUT2D eigenvalue weighted by molar-refractivity contribution is 7.99. The molecule has 8 heteroatoms. The van der Waals surface area contributed by atoms with Gasteiger partial charge in [0.25, 0.3) is 11.5 Å². The van der Waals surface area contributed by atoms with Crippen molar-refractivity contribution in [1.29, 1.82) is 0 Å². The number of ketones is 1. The number of rotatable bonds is 11. The van der Waals surface area contributed by atoms with Crippen LogP contribution in [0.4, 0.5) is 0 Å². The van der Waals surface area contributed by atoms with Crippen molar-refractivity contribution < 1.29 is 14.3 Å². The number of ether oxygens (including phenoxy) is 1. The predicted octanol–water partition coefficient (Wildman–Crippen LogP) is 4.47. The minimum absolute atomic E-state index is 0.0210. The molecule has 0 spiro atoms. The molecule has 0 radical (unpaired) electrons.